The molecule has 8 aromatic rings. The van der Waals surface area contributed by atoms with Crippen molar-refractivity contribution in [1.82, 2.24) is 14.5 Å². The second-order valence-electron chi connectivity index (χ2n) is 12.4. The van der Waals surface area contributed by atoms with E-state index in [9.17, 15) is 10.5 Å². The van der Waals surface area contributed by atoms with Gasteiger partial charge in [0.2, 0.25) is 0 Å². The Hall–Kier alpha value is -7.53. The normalized spacial score (nSPS) is 12.8. The van der Waals surface area contributed by atoms with Crippen LogP contribution < -0.4 is 4.90 Å². The standard InChI is InChI=1S/C44H25N7/c1-47-33-21-22-38-34(25-33)35-28-48-24-23-39(35)50(38)42-11-6-12-43(49-42)51-40-9-4-2-7-36(40)44(37-8-3-5-10-41(37)51,31-17-13-29(26-45)14-18-31)32-19-15-30(27-46)16-20-32/h2-25,28H. The van der Waals surface area contributed by atoms with Crippen molar-refractivity contribution in [3.8, 4) is 18.0 Å². The fourth-order valence-electron chi connectivity index (χ4n) is 7.70. The van der Waals surface area contributed by atoms with E-state index in [4.69, 9.17) is 11.6 Å². The predicted molar refractivity (Wildman–Crippen MR) is 199 cm³/mol. The zero-order chi connectivity index (χ0) is 34.5. The quantitative estimate of drug-likeness (QED) is 0.177. The van der Waals surface area contributed by atoms with E-state index in [0.29, 0.717) is 16.8 Å². The van der Waals surface area contributed by atoms with Gasteiger partial charge in [0.15, 0.2) is 5.69 Å². The first-order valence-corrected chi connectivity index (χ1v) is 16.4. The average Bonchev–Trinajstić information content (AvgIpc) is 3.53. The van der Waals surface area contributed by atoms with E-state index in [-0.39, 0.29) is 0 Å². The first kappa shape index (κ1) is 29.6. The smallest absolute Gasteiger partial charge is 0.188 e. The summed E-state index contributed by atoms with van der Waals surface area (Å²) in [6.45, 7) is 7.59. The van der Waals surface area contributed by atoms with Crippen LogP contribution in [0, 0.1) is 29.2 Å². The van der Waals surface area contributed by atoms with Crippen molar-refractivity contribution < 1.29 is 0 Å². The van der Waals surface area contributed by atoms with Crippen molar-refractivity contribution in [2.75, 3.05) is 4.90 Å². The van der Waals surface area contributed by atoms with E-state index in [0.717, 1.165) is 67.1 Å². The number of hydrogen-bond donors (Lipinski definition) is 0. The molecule has 0 saturated carbocycles. The number of aromatic nitrogens is 3. The van der Waals surface area contributed by atoms with Gasteiger partial charge in [0, 0.05) is 17.8 Å². The van der Waals surface area contributed by atoms with Crippen molar-refractivity contribution in [3.05, 3.63) is 197 Å². The summed E-state index contributed by atoms with van der Waals surface area (Å²) >= 11 is 0. The van der Waals surface area contributed by atoms with Crippen LogP contribution in [-0.4, -0.2) is 14.5 Å². The lowest BCUT2D eigenvalue weighted by Gasteiger charge is -2.46. The van der Waals surface area contributed by atoms with Crippen LogP contribution in [0.25, 0.3) is 32.5 Å². The molecular weight excluding hydrogens is 627 g/mol. The Balaban J connectivity index is 1.31. The number of hydrogen-bond acceptors (Lipinski definition) is 5. The molecule has 0 N–H and O–H groups in total. The molecule has 0 saturated heterocycles. The highest BCUT2D eigenvalue weighted by Gasteiger charge is 2.46. The Morgan fingerprint density at radius 3 is 1.80 bits per heavy atom. The highest BCUT2D eigenvalue weighted by Crippen LogP contribution is 2.57. The lowest BCUT2D eigenvalue weighted by molar-refractivity contribution is 0.729. The van der Waals surface area contributed by atoms with Crippen LogP contribution in [0.3, 0.4) is 0 Å². The number of anilines is 3. The molecule has 0 spiro atoms. The van der Waals surface area contributed by atoms with Crippen molar-refractivity contribution >= 4 is 44.7 Å². The number of benzene rings is 5. The molecule has 0 amide bonds. The molecule has 1 aliphatic rings. The van der Waals surface area contributed by atoms with E-state index in [1.165, 1.54) is 0 Å². The molecule has 7 heteroatoms. The van der Waals surface area contributed by atoms with E-state index in [1.54, 1.807) is 6.20 Å². The maximum atomic E-state index is 9.67. The van der Waals surface area contributed by atoms with Crippen LogP contribution in [0.5, 0.6) is 0 Å². The summed E-state index contributed by atoms with van der Waals surface area (Å²) < 4.78 is 2.13. The number of para-hydroxylation sites is 2. The topological polar surface area (TPSA) is 85.9 Å². The van der Waals surface area contributed by atoms with E-state index >= 15 is 0 Å². The summed E-state index contributed by atoms with van der Waals surface area (Å²) in [4.78, 5) is 15.6. The number of fused-ring (bicyclic) bond motifs is 5. The molecule has 1 aliphatic heterocycles. The Morgan fingerprint density at radius 1 is 0.608 bits per heavy atom. The third-order valence-corrected chi connectivity index (χ3v) is 9.85. The van der Waals surface area contributed by atoms with Gasteiger partial charge in [-0.2, -0.15) is 10.5 Å². The Labute approximate surface area is 294 Å². The second-order valence-corrected chi connectivity index (χ2v) is 12.4. The van der Waals surface area contributed by atoms with Crippen LogP contribution in [-0.2, 0) is 5.41 Å². The van der Waals surface area contributed by atoms with Gasteiger partial charge in [-0.05, 0) is 94.4 Å². The molecule has 5 aromatic carbocycles. The summed E-state index contributed by atoms with van der Waals surface area (Å²) in [5.41, 5.74) is 8.87. The van der Waals surface area contributed by atoms with Gasteiger partial charge in [0.25, 0.3) is 0 Å². The maximum absolute atomic E-state index is 9.67. The van der Waals surface area contributed by atoms with Crippen molar-refractivity contribution in [1.29, 1.82) is 10.5 Å². The highest BCUT2D eigenvalue weighted by molar-refractivity contribution is 6.09. The molecule has 0 atom stereocenters. The monoisotopic (exact) mass is 651 g/mol. The zero-order valence-electron chi connectivity index (χ0n) is 27.1. The summed E-state index contributed by atoms with van der Waals surface area (Å²) in [6, 6.07) is 50.7. The average molecular weight is 652 g/mol. The third-order valence-electron chi connectivity index (χ3n) is 9.85. The zero-order valence-corrected chi connectivity index (χ0v) is 27.1. The van der Waals surface area contributed by atoms with Gasteiger partial charge in [-0.15, -0.1) is 0 Å². The lowest BCUT2D eigenvalue weighted by atomic mass is 9.62. The van der Waals surface area contributed by atoms with Gasteiger partial charge >= 0.3 is 0 Å². The lowest BCUT2D eigenvalue weighted by Crippen LogP contribution is -2.38. The third kappa shape index (κ3) is 4.35. The molecule has 4 heterocycles. The van der Waals surface area contributed by atoms with Gasteiger partial charge in [0.1, 0.15) is 11.6 Å². The summed E-state index contributed by atoms with van der Waals surface area (Å²) in [5.74, 6) is 1.47. The largest absolute Gasteiger partial charge is 0.294 e. The minimum atomic E-state index is -0.774. The highest BCUT2D eigenvalue weighted by atomic mass is 15.2. The number of rotatable bonds is 4. The predicted octanol–water partition coefficient (Wildman–Crippen LogP) is 10.0. The fourth-order valence-corrected chi connectivity index (χ4v) is 7.70. The minimum absolute atomic E-state index is 0.571. The minimum Gasteiger partial charge on any atom is -0.294 e. The van der Waals surface area contributed by atoms with Crippen LogP contribution >= 0.6 is 0 Å². The molecule has 0 bridgehead atoms. The first-order chi connectivity index (χ1) is 25.1. The van der Waals surface area contributed by atoms with Crippen molar-refractivity contribution in [2.24, 2.45) is 0 Å². The van der Waals surface area contributed by atoms with Crippen molar-refractivity contribution in [2.45, 2.75) is 5.41 Å². The molecule has 51 heavy (non-hydrogen) atoms. The summed E-state index contributed by atoms with van der Waals surface area (Å²) in [6.07, 6.45) is 3.62. The second kappa shape index (κ2) is 11.6. The van der Waals surface area contributed by atoms with Gasteiger partial charge in [0.05, 0.1) is 57.7 Å². The van der Waals surface area contributed by atoms with Gasteiger partial charge in [-0.1, -0.05) is 72.8 Å². The Morgan fingerprint density at radius 2 is 1.20 bits per heavy atom. The van der Waals surface area contributed by atoms with Gasteiger partial charge < -0.3 is 0 Å². The maximum Gasteiger partial charge on any atom is 0.188 e. The van der Waals surface area contributed by atoms with Crippen molar-refractivity contribution in [3.63, 3.8) is 0 Å². The molecular formula is C44H25N7. The molecule has 7 nitrogen and oxygen atoms in total. The molecule has 236 valence electrons. The molecule has 0 fully saturated rings. The van der Waals surface area contributed by atoms with Crippen LogP contribution in [0.1, 0.15) is 33.4 Å². The summed E-state index contributed by atoms with van der Waals surface area (Å²) in [5, 5.41) is 21.2. The van der Waals surface area contributed by atoms with Gasteiger partial charge in [-0.25, -0.2) is 9.83 Å². The van der Waals surface area contributed by atoms with Crippen LogP contribution in [0.2, 0.25) is 0 Å². The molecule has 0 radical (unpaired) electrons. The first-order valence-electron chi connectivity index (χ1n) is 16.4. The molecule has 3 aromatic heterocycles. The molecule has 0 unspecified atom stereocenters. The Bertz CT molecular complexity index is 2690. The van der Waals surface area contributed by atoms with E-state index < -0.39 is 5.41 Å². The Kier molecular flexibility index (Phi) is 6.71. The SMILES string of the molecule is [C-]#[N+]c1ccc2c(c1)c1cnccc1n2-c1cccc(N2c3ccccc3C(c3ccc(C#N)cc3)(c3ccc(C#N)cc3)c3ccccc32)n1. The molecule has 0 aliphatic carbocycles. The number of pyridine rings is 2. The van der Waals surface area contributed by atoms with Crippen LogP contribution in [0.4, 0.5) is 22.9 Å². The number of nitriles is 2. The van der Waals surface area contributed by atoms with Gasteiger partial charge in [-0.3, -0.25) is 14.5 Å². The molecule has 9 rings (SSSR count). The fraction of sp³-hybridized carbons (Fsp3) is 0.0227. The van der Waals surface area contributed by atoms with E-state index in [2.05, 4.69) is 67.8 Å². The van der Waals surface area contributed by atoms with Crippen LogP contribution in [0.15, 0.2) is 152 Å². The van der Waals surface area contributed by atoms with E-state index in [1.807, 2.05) is 109 Å². The number of nitrogens with zero attached hydrogens (tertiary/aromatic N) is 7. The summed E-state index contributed by atoms with van der Waals surface area (Å²) in [7, 11) is 0.